The van der Waals surface area contributed by atoms with Gasteiger partial charge in [0.15, 0.2) is 5.69 Å². The summed E-state index contributed by atoms with van der Waals surface area (Å²) in [5.74, 6) is -1.47. The summed E-state index contributed by atoms with van der Waals surface area (Å²) in [6, 6.07) is 13.5. The van der Waals surface area contributed by atoms with Crippen LogP contribution in [0.1, 0.15) is 33.3 Å². The molecule has 0 spiro atoms. The Morgan fingerprint density at radius 1 is 1.08 bits per heavy atom. The molecule has 3 aromatic rings. The molecule has 37 heavy (non-hydrogen) atoms. The number of nitrogens with one attached hydrogen (secondary N) is 1. The predicted molar refractivity (Wildman–Crippen MR) is 135 cm³/mol. The van der Waals surface area contributed by atoms with E-state index < -0.39 is 27.5 Å². The van der Waals surface area contributed by atoms with Crippen molar-refractivity contribution in [2.75, 3.05) is 38.2 Å². The Balaban J connectivity index is 1.63. The Labute approximate surface area is 213 Å². The lowest BCUT2D eigenvalue weighted by Crippen LogP contribution is -2.40. The van der Waals surface area contributed by atoms with Gasteiger partial charge in [0.05, 0.1) is 36.1 Å². The molecule has 1 amide bonds. The molecule has 0 aliphatic carbocycles. The molecule has 0 radical (unpaired) electrons. The number of morpholine rings is 1. The van der Waals surface area contributed by atoms with Crippen molar-refractivity contribution in [3.8, 4) is 5.69 Å². The third kappa shape index (κ3) is 5.61. The number of esters is 1. The van der Waals surface area contributed by atoms with Gasteiger partial charge in [0.2, 0.25) is 10.0 Å². The fourth-order valence-corrected chi connectivity index (χ4v) is 5.19. The van der Waals surface area contributed by atoms with Gasteiger partial charge in [0, 0.05) is 24.7 Å². The fraction of sp³-hybridized carbons (Fsp3) is 0.280. The SMILES string of the molecule is CCOC(=O)c1nn(-c2ccccc2C)c(=O)cc1NC(=O)c1ccc(S(=O)(=O)N2CCOCC2)cc1. The van der Waals surface area contributed by atoms with Crippen molar-refractivity contribution in [3.05, 3.63) is 81.8 Å². The van der Waals surface area contributed by atoms with Crippen molar-refractivity contribution in [1.82, 2.24) is 14.1 Å². The summed E-state index contributed by atoms with van der Waals surface area (Å²) in [4.78, 5) is 38.5. The highest BCUT2D eigenvalue weighted by Crippen LogP contribution is 2.20. The van der Waals surface area contributed by atoms with Crippen LogP contribution in [0.15, 0.2) is 64.3 Å². The maximum Gasteiger partial charge on any atom is 0.360 e. The molecular formula is C25H26N4O7S. The van der Waals surface area contributed by atoms with Crippen molar-refractivity contribution < 1.29 is 27.5 Å². The Hall–Kier alpha value is -3.87. The second-order valence-corrected chi connectivity index (χ2v) is 10.1. The maximum atomic E-state index is 13.0. The normalized spacial score (nSPS) is 14.2. The van der Waals surface area contributed by atoms with E-state index in [4.69, 9.17) is 9.47 Å². The predicted octanol–water partition coefficient (Wildman–Crippen LogP) is 1.99. The van der Waals surface area contributed by atoms with E-state index in [0.717, 1.165) is 16.3 Å². The van der Waals surface area contributed by atoms with Crippen LogP contribution in [-0.2, 0) is 19.5 Å². The van der Waals surface area contributed by atoms with Crippen molar-refractivity contribution >= 4 is 27.6 Å². The number of anilines is 1. The van der Waals surface area contributed by atoms with Gasteiger partial charge < -0.3 is 14.8 Å². The number of carbonyl (C=O) groups is 2. The molecule has 12 heteroatoms. The van der Waals surface area contributed by atoms with Crippen LogP contribution in [0.4, 0.5) is 5.69 Å². The third-order valence-electron chi connectivity index (χ3n) is 5.72. The molecule has 2 heterocycles. The minimum absolute atomic E-state index is 0.0423. The average molecular weight is 527 g/mol. The van der Waals surface area contributed by atoms with Gasteiger partial charge in [-0.2, -0.15) is 14.1 Å². The number of sulfonamides is 1. The van der Waals surface area contributed by atoms with Gasteiger partial charge in [-0.3, -0.25) is 9.59 Å². The Morgan fingerprint density at radius 2 is 1.76 bits per heavy atom. The smallest absolute Gasteiger partial charge is 0.360 e. The zero-order valence-corrected chi connectivity index (χ0v) is 21.2. The molecule has 0 unspecified atom stereocenters. The van der Waals surface area contributed by atoms with E-state index in [1.54, 1.807) is 32.0 Å². The van der Waals surface area contributed by atoms with Gasteiger partial charge >= 0.3 is 5.97 Å². The molecule has 0 bridgehead atoms. The van der Waals surface area contributed by atoms with Gasteiger partial charge in [-0.05, 0) is 49.7 Å². The summed E-state index contributed by atoms with van der Waals surface area (Å²) in [7, 11) is -3.72. The lowest BCUT2D eigenvalue weighted by molar-refractivity contribution is 0.0518. The largest absolute Gasteiger partial charge is 0.461 e. The summed E-state index contributed by atoms with van der Waals surface area (Å²) in [5.41, 5.74) is 0.431. The van der Waals surface area contributed by atoms with Crippen molar-refractivity contribution in [2.45, 2.75) is 18.7 Å². The standard InChI is InChI=1S/C25H26N4O7S/c1-3-36-25(32)23-20(16-22(30)29(27-23)21-7-5-4-6-17(21)2)26-24(31)18-8-10-19(11-9-18)37(33,34)28-12-14-35-15-13-28/h4-11,16H,3,12-15H2,1-2H3,(H,26,31). The third-order valence-corrected chi connectivity index (χ3v) is 7.63. The van der Waals surface area contributed by atoms with Crippen molar-refractivity contribution in [2.24, 2.45) is 0 Å². The number of benzene rings is 2. The molecule has 1 aliphatic rings. The summed E-state index contributed by atoms with van der Waals surface area (Å²) >= 11 is 0. The lowest BCUT2D eigenvalue weighted by Gasteiger charge is -2.26. The van der Waals surface area contributed by atoms with Crippen LogP contribution in [0, 0.1) is 6.92 Å². The number of hydrogen-bond acceptors (Lipinski definition) is 8. The van der Waals surface area contributed by atoms with Crippen LogP contribution >= 0.6 is 0 Å². The van der Waals surface area contributed by atoms with Crippen LogP contribution in [0.25, 0.3) is 5.69 Å². The molecule has 0 saturated carbocycles. The van der Waals surface area contributed by atoms with Gasteiger partial charge in [-0.15, -0.1) is 0 Å². The van der Waals surface area contributed by atoms with E-state index in [9.17, 15) is 22.8 Å². The first-order chi connectivity index (χ1) is 17.7. The van der Waals surface area contributed by atoms with E-state index in [1.165, 1.54) is 28.6 Å². The number of hydrogen-bond donors (Lipinski definition) is 1. The van der Waals surface area contributed by atoms with E-state index in [0.29, 0.717) is 18.9 Å². The number of carbonyl (C=O) groups excluding carboxylic acids is 2. The molecule has 4 rings (SSSR count). The summed E-state index contributed by atoms with van der Waals surface area (Å²) < 4.78 is 38.3. The molecular weight excluding hydrogens is 500 g/mol. The highest BCUT2D eigenvalue weighted by Gasteiger charge is 2.27. The van der Waals surface area contributed by atoms with Gasteiger partial charge in [-0.25, -0.2) is 13.2 Å². The minimum atomic E-state index is -3.72. The van der Waals surface area contributed by atoms with Crippen LogP contribution in [-0.4, -0.2) is 67.3 Å². The minimum Gasteiger partial charge on any atom is -0.461 e. The van der Waals surface area contributed by atoms with Gasteiger partial charge in [0.1, 0.15) is 0 Å². The molecule has 1 fully saturated rings. The topological polar surface area (TPSA) is 137 Å². The van der Waals surface area contributed by atoms with Crippen molar-refractivity contribution in [3.63, 3.8) is 0 Å². The monoisotopic (exact) mass is 526 g/mol. The number of nitrogens with zero attached hydrogens (tertiary/aromatic N) is 3. The first-order valence-electron chi connectivity index (χ1n) is 11.6. The summed E-state index contributed by atoms with van der Waals surface area (Å²) in [5, 5.41) is 6.72. The van der Waals surface area contributed by atoms with Crippen LogP contribution < -0.4 is 10.9 Å². The second-order valence-electron chi connectivity index (χ2n) is 8.16. The Bertz CT molecular complexity index is 1480. The summed E-state index contributed by atoms with van der Waals surface area (Å²) in [6.45, 7) is 4.63. The van der Waals surface area contributed by atoms with E-state index in [2.05, 4.69) is 10.4 Å². The molecule has 1 aliphatic heterocycles. The maximum absolute atomic E-state index is 13.0. The molecule has 194 valence electrons. The molecule has 2 aromatic carbocycles. The quantitative estimate of drug-likeness (QED) is 0.462. The number of para-hydroxylation sites is 1. The van der Waals surface area contributed by atoms with Crippen LogP contribution in [0.3, 0.4) is 0 Å². The zero-order valence-electron chi connectivity index (χ0n) is 20.3. The molecule has 1 N–H and O–H groups in total. The van der Waals surface area contributed by atoms with Gasteiger partial charge in [0.25, 0.3) is 11.5 Å². The number of rotatable bonds is 7. The van der Waals surface area contributed by atoms with Crippen molar-refractivity contribution in [1.29, 1.82) is 0 Å². The molecule has 1 aromatic heterocycles. The highest BCUT2D eigenvalue weighted by molar-refractivity contribution is 7.89. The first-order valence-corrected chi connectivity index (χ1v) is 13.0. The van der Waals surface area contributed by atoms with Crippen LogP contribution in [0.2, 0.25) is 0 Å². The van der Waals surface area contributed by atoms with Crippen LogP contribution in [0.5, 0.6) is 0 Å². The van der Waals surface area contributed by atoms with E-state index in [-0.39, 0.29) is 41.5 Å². The lowest BCUT2D eigenvalue weighted by atomic mass is 10.2. The number of aryl methyl sites for hydroxylation is 1. The van der Waals surface area contributed by atoms with E-state index in [1.807, 2.05) is 6.07 Å². The fourth-order valence-electron chi connectivity index (χ4n) is 3.78. The zero-order chi connectivity index (χ0) is 26.6. The average Bonchev–Trinajstić information content (AvgIpc) is 2.90. The number of amides is 1. The molecule has 0 atom stereocenters. The van der Waals surface area contributed by atoms with E-state index >= 15 is 0 Å². The van der Waals surface area contributed by atoms with Gasteiger partial charge in [-0.1, -0.05) is 18.2 Å². The molecule has 11 nitrogen and oxygen atoms in total. The second kappa shape index (κ2) is 11.0. The number of aromatic nitrogens is 2. The first kappa shape index (κ1) is 26.2. The molecule has 1 saturated heterocycles. The number of ether oxygens (including phenoxy) is 2. The Morgan fingerprint density at radius 3 is 2.41 bits per heavy atom. The highest BCUT2D eigenvalue weighted by atomic mass is 32.2. The Kier molecular flexibility index (Phi) is 7.81. The summed E-state index contributed by atoms with van der Waals surface area (Å²) in [6.07, 6.45) is 0.